The number of hydrogen-bond donors (Lipinski definition) is 2. The molecule has 2 rings (SSSR count). The van der Waals surface area contributed by atoms with Gasteiger partial charge >= 0.3 is 36.7 Å². The molecule has 2 aromatic rings. The standard InChI is InChI=1S/C30H36F12N2O7/c1-3-5-6-7-8-9-10-11-12-19-16-43-23(44-17-19)21-14-13-20(47-4-2)15-22(21)49-24(45)26(33,34)48-18-25(31,32)50-29(39,40)30(41,42)51-28(37,38)27(35,36)46/h13-17,24,45-46H,3-12,18H2,1-2H3. The normalized spacial score (nSPS) is 14.1. The molecule has 0 fully saturated rings. The maximum atomic E-state index is 14.5. The van der Waals surface area contributed by atoms with E-state index in [0.717, 1.165) is 50.2 Å². The van der Waals surface area contributed by atoms with Crippen LogP contribution in [0, 0.1) is 0 Å². The Kier molecular flexibility index (Phi) is 15.6. The van der Waals surface area contributed by atoms with Crippen LogP contribution in [-0.2, 0) is 20.6 Å². The van der Waals surface area contributed by atoms with Crippen LogP contribution in [0.5, 0.6) is 11.5 Å². The van der Waals surface area contributed by atoms with E-state index in [0.29, 0.717) is 6.42 Å². The molecule has 21 heteroatoms. The van der Waals surface area contributed by atoms with Crippen molar-refractivity contribution in [1.29, 1.82) is 0 Å². The van der Waals surface area contributed by atoms with Crippen molar-refractivity contribution >= 4 is 0 Å². The van der Waals surface area contributed by atoms with Crippen molar-refractivity contribution in [3.8, 4) is 22.9 Å². The molecule has 1 heterocycles. The Morgan fingerprint density at radius 1 is 0.725 bits per heavy atom. The highest BCUT2D eigenvalue weighted by Crippen LogP contribution is 2.46. The summed E-state index contributed by atoms with van der Waals surface area (Å²) in [5.74, 6) is -0.742. The van der Waals surface area contributed by atoms with E-state index in [2.05, 4.69) is 26.4 Å². The van der Waals surface area contributed by atoms with Crippen molar-refractivity contribution in [3.05, 3.63) is 36.2 Å². The minimum Gasteiger partial charge on any atom is -0.494 e. The Hall–Kier alpha value is -3.14. The first kappa shape index (κ1) is 44.0. The van der Waals surface area contributed by atoms with Crippen LogP contribution in [0.1, 0.15) is 70.8 Å². The zero-order valence-electron chi connectivity index (χ0n) is 27.1. The summed E-state index contributed by atoms with van der Waals surface area (Å²) in [4.78, 5) is 8.34. The van der Waals surface area contributed by atoms with Gasteiger partial charge in [-0.3, -0.25) is 0 Å². The molecule has 1 unspecified atom stereocenters. The fraction of sp³-hybridized carbons (Fsp3) is 0.667. The number of aliphatic hydroxyl groups is 2. The summed E-state index contributed by atoms with van der Waals surface area (Å²) in [6, 6.07) is 3.56. The van der Waals surface area contributed by atoms with Gasteiger partial charge in [0.25, 0.3) is 6.29 Å². The minimum absolute atomic E-state index is 0.00570. The predicted molar refractivity (Wildman–Crippen MR) is 152 cm³/mol. The summed E-state index contributed by atoms with van der Waals surface area (Å²) in [7, 11) is 0. The SMILES string of the molecule is CCCCCCCCCCc1cnc(-c2ccc(OCC)cc2OC(O)C(F)(F)OCC(F)(F)OC(F)(F)C(F)(F)OC(F)(F)C(O)(F)F)nc1. The average Bonchev–Trinajstić information content (AvgIpc) is 3.00. The third-order valence-corrected chi connectivity index (χ3v) is 6.71. The van der Waals surface area contributed by atoms with Gasteiger partial charge in [-0.2, -0.15) is 52.7 Å². The van der Waals surface area contributed by atoms with E-state index in [-0.39, 0.29) is 23.7 Å². The number of aliphatic hydroxyl groups excluding tert-OH is 1. The zero-order chi connectivity index (χ0) is 38.7. The molecular weight excluding hydrogens is 728 g/mol. The number of ether oxygens (including phenoxy) is 5. The lowest BCUT2D eigenvalue weighted by Crippen LogP contribution is -2.56. The molecule has 9 nitrogen and oxygen atoms in total. The number of unbranched alkanes of at least 4 members (excludes halogenated alkanes) is 7. The molecule has 292 valence electrons. The lowest BCUT2D eigenvalue weighted by atomic mass is 10.1. The molecule has 1 aromatic heterocycles. The number of benzene rings is 1. The molecule has 1 aromatic carbocycles. The number of halogens is 12. The first-order valence-corrected chi connectivity index (χ1v) is 15.4. The second kappa shape index (κ2) is 18.1. The molecule has 51 heavy (non-hydrogen) atoms. The van der Waals surface area contributed by atoms with Gasteiger partial charge in [-0.05, 0) is 37.5 Å². The zero-order valence-corrected chi connectivity index (χ0v) is 27.1. The van der Waals surface area contributed by atoms with Gasteiger partial charge in [0.05, 0.1) is 12.2 Å². The molecule has 0 radical (unpaired) electrons. The number of aryl methyl sites for hydroxylation is 1. The Morgan fingerprint density at radius 2 is 1.27 bits per heavy atom. The van der Waals surface area contributed by atoms with Crippen molar-refractivity contribution in [1.82, 2.24) is 9.97 Å². The minimum atomic E-state index is -7.01. The van der Waals surface area contributed by atoms with Crippen molar-refractivity contribution in [2.75, 3.05) is 13.2 Å². The monoisotopic (exact) mass is 764 g/mol. The van der Waals surface area contributed by atoms with E-state index in [4.69, 9.17) is 14.6 Å². The molecule has 0 amide bonds. The summed E-state index contributed by atoms with van der Waals surface area (Å²) >= 11 is 0. The lowest BCUT2D eigenvalue weighted by Gasteiger charge is -2.32. The van der Waals surface area contributed by atoms with Gasteiger partial charge < -0.3 is 24.4 Å². The highest BCUT2D eigenvalue weighted by molar-refractivity contribution is 5.65. The highest BCUT2D eigenvalue weighted by Gasteiger charge is 2.72. The van der Waals surface area contributed by atoms with Crippen LogP contribution in [0.3, 0.4) is 0 Å². The fourth-order valence-corrected chi connectivity index (χ4v) is 4.13. The fourth-order valence-electron chi connectivity index (χ4n) is 4.13. The Bertz CT molecular complexity index is 1350. The first-order valence-electron chi connectivity index (χ1n) is 15.4. The van der Waals surface area contributed by atoms with Crippen molar-refractivity contribution in [2.24, 2.45) is 0 Å². The van der Waals surface area contributed by atoms with Gasteiger partial charge in [0.1, 0.15) is 18.1 Å². The molecule has 2 N–H and O–H groups in total. The summed E-state index contributed by atoms with van der Waals surface area (Å²) in [6.45, 7) is 0.675. The third kappa shape index (κ3) is 13.4. The topological polar surface area (TPSA) is 112 Å². The van der Waals surface area contributed by atoms with E-state index < -0.39 is 55.3 Å². The van der Waals surface area contributed by atoms with E-state index in [1.54, 1.807) is 6.92 Å². The van der Waals surface area contributed by atoms with Gasteiger partial charge in [0, 0.05) is 18.5 Å². The van der Waals surface area contributed by atoms with Crippen molar-refractivity contribution < 1.29 is 86.6 Å². The molecule has 0 aliphatic heterocycles. The molecule has 0 bridgehead atoms. The van der Waals surface area contributed by atoms with Gasteiger partial charge in [-0.1, -0.05) is 51.9 Å². The molecular formula is C30H36F12N2O7. The number of rotatable bonds is 24. The van der Waals surface area contributed by atoms with Crippen LogP contribution < -0.4 is 9.47 Å². The quantitative estimate of drug-likeness (QED) is 0.0618. The van der Waals surface area contributed by atoms with E-state index in [1.807, 2.05) is 4.74 Å². The summed E-state index contributed by atoms with van der Waals surface area (Å²) < 4.78 is 179. The van der Waals surface area contributed by atoms with Crippen molar-refractivity contribution in [3.63, 3.8) is 0 Å². The first-order chi connectivity index (χ1) is 23.5. The van der Waals surface area contributed by atoms with Crippen LogP contribution in [0.15, 0.2) is 30.6 Å². The lowest BCUT2D eigenvalue weighted by molar-refractivity contribution is -0.545. The van der Waals surface area contributed by atoms with Crippen molar-refractivity contribution in [2.45, 2.75) is 115 Å². The number of aromatic nitrogens is 2. The maximum Gasteiger partial charge on any atom is 0.453 e. The molecule has 1 atom stereocenters. The molecule has 0 aliphatic rings. The van der Waals surface area contributed by atoms with Crippen LogP contribution in [0.2, 0.25) is 0 Å². The third-order valence-electron chi connectivity index (χ3n) is 6.71. The molecule has 0 spiro atoms. The van der Waals surface area contributed by atoms with Crippen LogP contribution in [-0.4, -0.2) is 76.3 Å². The number of hydrogen-bond acceptors (Lipinski definition) is 9. The molecule has 0 aliphatic carbocycles. The summed E-state index contributed by atoms with van der Waals surface area (Å²) in [5.41, 5.74) is 0.615. The largest absolute Gasteiger partial charge is 0.494 e. The van der Waals surface area contributed by atoms with Crippen LogP contribution in [0.25, 0.3) is 11.4 Å². The van der Waals surface area contributed by atoms with Gasteiger partial charge in [0.2, 0.25) is 0 Å². The Labute approximate surface area is 283 Å². The highest BCUT2D eigenvalue weighted by atomic mass is 19.4. The second-order valence-corrected chi connectivity index (χ2v) is 11.0. The molecule has 0 saturated heterocycles. The number of nitrogens with zero attached hydrogens (tertiary/aromatic N) is 2. The van der Waals surface area contributed by atoms with Gasteiger partial charge in [-0.15, -0.1) is 0 Å². The van der Waals surface area contributed by atoms with E-state index in [1.165, 1.54) is 37.4 Å². The second-order valence-electron chi connectivity index (χ2n) is 11.0. The Balaban J connectivity index is 2.12. The molecule has 0 saturated carbocycles. The van der Waals surface area contributed by atoms with Gasteiger partial charge in [-0.25, -0.2) is 19.4 Å². The summed E-state index contributed by atoms with van der Waals surface area (Å²) in [5, 5.41) is 17.8. The van der Waals surface area contributed by atoms with E-state index >= 15 is 0 Å². The average molecular weight is 765 g/mol. The summed E-state index contributed by atoms with van der Waals surface area (Å²) in [6.07, 6.45) is -29.6. The van der Waals surface area contributed by atoms with Gasteiger partial charge in [0.15, 0.2) is 5.82 Å². The van der Waals surface area contributed by atoms with E-state index in [9.17, 15) is 57.8 Å². The van der Waals surface area contributed by atoms with Crippen LogP contribution in [0.4, 0.5) is 52.7 Å². The Morgan fingerprint density at radius 3 is 1.82 bits per heavy atom. The smallest absolute Gasteiger partial charge is 0.453 e. The maximum absolute atomic E-state index is 14.5. The number of alkyl halides is 12. The predicted octanol–water partition coefficient (Wildman–Crippen LogP) is 8.52. The van der Waals surface area contributed by atoms with Crippen LogP contribution >= 0.6 is 0 Å².